The third-order valence-corrected chi connectivity index (χ3v) is 4.10. The second kappa shape index (κ2) is 6.68. The van der Waals surface area contributed by atoms with Crippen LogP contribution in [0.3, 0.4) is 0 Å². The zero-order valence-electron chi connectivity index (χ0n) is 10.9. The van der Waals surface area contributed by atoms with Gasteiger partial charge in [-0.3, -0.25) is 4.90 Å². The lowest BCUT2D eigenvalue weighted by Gasteiger charge is -2.32. The molecular weight excluding hydrogens is 238 g/mol. The first-order chi connectivity index (χ1) is 7.88. The van der Waals surface area contributed by atoms with E-state index in [0.717, 1.165) is 19.6 Å². The SMILES string of the molecule is CC(C)N(CCS(N)(=O)=O)CC1CCNCC1. The summed E-state index contributed by atoms with van der Waals surface area (Å²) < 4.78 is 22.0. The van der Waals surface area contributed by atoms with E-state index in [4.69, 9.17) is 5.14 Å². The molecular formula is C11H25N3O2S. The first kappa shape index (κ1) is 14.9. The summed E-state index contributed by atoms with van der Waals surface area (Å²) in [5.41, 5.74) is 0. The van der Waals surface area contributed by atoms with E-state index >= 15 is 0 Å². The highest BCUT2D eigenvalue weighted by Crippen LogP contribution is 2.14. The van der Waals surface area contributed by atoms with Crippen molar-refractivity contribution in [1.29, 1.82) is 0 Å². The predicted molar refractivity (Wildman–Crippen MR) is 70.3 cm³/mol. The van der Waals surface area contributed by atoms with Crippen LogP contribution >= 0.6 is 0 Å². The number of rotatable bonds is 6. The molecule has 0 bridgehead atoms. The van der Waals surface area contributed by atoms with E-state index in [1.54, 1.807) is 0 Å². The molecule has 0 saturated carbocycles. The Morgan fingerprint density at radius 2 is 1.94 bits per heavy atom. The number of nitrogens with one attached hydrogen (secondary N) is 1. The van der Waals surface area contributed by atoms with Gasteiger partial charge in [-0.15, -0.1) is 0 Å². The van der Waals surface area contributed by atoms with Gasteiger partial charge in [0.05, 0.1) is 5.75 Å². The number of hydrogen-bond donors (Lipinski definition) is 2. The fourth-order valence-electron chi connectivity index (χ4n) is 2.20. The lowest BCUT2D eigenvalue weighted by Crippen LogP contribution is -2.42. The van der Waals surface area contributed by atoms with Crippen molar-refractivity contribution in [3.63, 3.8) is 0 Å². The molecule has 1 heterocycles. The molecule has 3 N–H and O–H groups in total. The van der Waals surface area contributed by atoms with Crippen LogP contribution in [0.5, 0.6) is 0 Å². The quantitative estimate of drug-likeness (QED) is 0.706. The average molecular weight is 263 g/mol. The van der Waals surface area contributed by atoms with Crippen molar-refractivity contribution in [2.45, 2.75) is 32.7 Å². The molecule has 0 aromatic carbocycles. The average Bonchev–Trinajstić information content (AvgIpc) is 2.24. The Balaban J connectivity index is 2.42. The van der Waals surface area contributed by atoms with E-state index in [9.17, 15) is 8.42 Å². The molecule has 1 fully saturated rings. The van der Waals surface area contributed by atoms with Gasteiger partial charge in [-0.1, -0.05) is 0 Å². The Morgan fingerprint density at radius 1 is 1.35 bits per heavy atom. The normalized spacial score (nSPS) is 19.1. The monoisotopic (exact) mass is 263 g/mol. The Hall–Kier alpha value is -0.170. The maximum absolute atomic E-state index is 11.0. The molecule has 0 aliphatic carbocycles. The van der Waals surface area contributed by atoms with Crippen LogP contribution in [-0.4, -0.2) is 51.3 Å². The van der Waals surface area contributed by atoms with E-state index in [0.29, 0.717) is 18.5 Å². The Morgan fingerprint density at radius 3 is 2.41 bits per heavy atom. The molecule has 0 aromatic heterocycles. The van der Waals surface area contributed by atoms with E-state index in [2.05, 4.69) is 24.1 Å². The van der Waals surface area contributed by atoms with Crippen molar-refractivity contribution in [1.82, 2.24) is 10.2 Å². The largest absolute Gasteiger partial charge is 0.317 e. The first-order valence-electron chi connectivity index (χ1n) is 6.33. The van der Waals surface area contributed by atoms with Gasteiger partial charge < -0.3 is 5.32 Å². The zero-order chi connectivity index (χ0) is 12.9. The molecule has 1 saturated heterocycles. The lowest BCUT2D eigenvalue weighted by molar-refractivity contribution is 0.178. The van der Waals surface area contributed by atoms with Crippen LogP contribution in [-0.2, 0) is 10.0 Å². The topological polar surface area (TPSA) is 75.4 Å². The van der Waals surface area contributed by atoms with Gasteiger partial charge in [0.25, 0.3) is 0 Å². The summed E-state index contributed by atoms with van der Waals surface area (Å²) in [6.07, 6.45) is 2.36. The van der Waals surface area contributed by atoms with Crippen LogP contribution in [0, 0.1) is 5.92 Å². The fraction of sp³-hybridized carbons (Fsp3) is 1.00. The fourth-order valence-corrected chi connectivity index (χ4v) is 2.69. The van der Waals surface area contributed by atoms with Crippen molar-refractivity contribution in [2.24, 2.45) is 11.1 Å². The number of nitrogens with two attached hydrogens (primary N) is 1. The summed E-state index contributed by atoms with van der Waals surface area (Å²) in [5.74, 6) is 0.731. The van der Waals surface area contributed by atoms with E-state index < -0.39 is 10.0 Å². The highest BCUT2D eigenvalue weighted by molar-refractivity contribution is 7.89. The second-order valence-electron chi connectivity index (χ2n) is 5.15. The maximum atomic E-state index is 11.0. The number of sulfonamides is 1. The molecule has 1 rings (SSSR count). The Labute approximate surface area is 105 Å². The van der Waals surface area contributed by atoms with E-state index in [-0.39, 0.29) is 5.75 Å². The van der Waals surface area contributed by atoms with Gasteiger partial charge >= 0.3 is 0 Å². The van der Waals surface area contributed by atoms with Crippen LogP contribution in [0.15, 0.2) is 0 Å². The molecule has 5 nitrogen and oxygen atoms in total. The van der Waals surface area contributed by atoms with E-state index in [1.807, 2.05) is 0 Å². The van der Waals surface area contributed by atoms with Crippen molar-refractivity contribution < 1.29 is 8.42 Å². The molecule has 0 atom stereocenters. The third kappa shape index (κ3) is 6.35. The summed E-state index contributed by atoms with van der Waals surface area (Å²) in [5, 5.41) is 8.39. The van der Waals surface area contributed by atoms with Crippen LogP contribution in [0.25, 0.3) is 0 Å². The number of piperidine rings is 1. The minimum absolute atomic E-state index is 0.0517. The summed E-state index contributed by atoms with van der Waals surface area (Å²) in [7, 11) is -3.35. The van der Waals surface area contributed by atoms with Gasteiger partial charge in [0.15, 0.2) is 0 Å². The van der Waals surface area contributed by atoms with Crippen LogP contribution in [0.4, 0.5) is 0 Å². The van der Waals surface area contributed by atoms with Crippen LogP contribution in [0.2, 0.25) is 0 Å². The molecule has 0 spiro atoms. The van der Waals surface area contributed by atoms with Crippen LogP contribution in [0.1, 0.15) is 26.7 Å². The zero-order valence-corrected chi connectivity index (χ0v) is 11.7. The van der Waals surface area contributed by atoms with Gasteiger partial charge in [-0.05, 0) is 45.7 Å². The lowest BCUT2D eigenvalue weighted by atomic mass is 9.97. The van der Waals surface area contributed by atoms with Gasteiger partial charge in [0.1, 0.15) is 0 Å². The smallest absolute Gasteiger partial charge is 0.210 e. The second-order valence-corrected chi connectivity index (χ2v) is 6.88. The number of nitrogens with zero attached hydrogens (tertiary/aromatic N) is 1. The van der Waals surface area contributed by atoms with Gasteiger partial charge in [0, 0.05) is 19.1 Å². The first-order valence-corrected chi connectivity index (χ1v) is 8.05. The highest BCUT2D eigenvalue weighted by atomic mass is 32.2. The number of primary sulfonamides is 1. The molecule has 1 aliphatic heterocycles. The van der Waals surface area contributed by atoms with Gasteiger partial charge in [-0.25, -0.2) is 13.6 Å². The van der Waals surface area contributed by atoms with E-state index in [1.165, 1.54) is 12.8 Å². The van der Waals surface area contributed by atoms with Gasteiger partial charge in [-0.2, -0.15) is 0 Å². The minimum atomic E-state index is -3.35. The molecule has 0 radical (unpaired) electrons. The molecule has 0 amide bonds. The highest BCUT2D eigenvalue weighted by Gasteiger charge is 2.19. The van der Waals surface area contributed by atoms with Crippen molar-refractivity contribution >= 4 is 10.0 Å². The summed E-state index contributed by atoms with van der Waals surface area (Å²) in [6, 6.07) is 0.367. The molecule has 0 aromatic rings. The van der Waals surface area contributed by atoms with Gasteiger partial charge in [0.2, 0.25) is 10.0 Å². The summed E-state index contributed by atoms with van der Waals surface area (Å²) in [6.45, 7) is 7.88. The minimum Gasteiger partial charge on any atom is -0.317 e. The van der Waals surface area contributed by atoms with Crippen LogP contribution < -0.4 is 10.5 Å². The van der Waals surface area contributed by atoms with Crippen molar-refractivity contribution in [3.05, 3.63) is 0 Å². The summed E-state index contributed by atoms with van der Waals surface area (Å²) >= 11 is 0. The third-order valence-electron chi connectivity index (χ3n) is 3.34. The molecule has 6 heteroatoms. The number of hydrogen-bond acceptors (Lipinski definition) is 4. The molecule has 17 heavy (non-hydrogen) atoms. The van der Waals surface area contributed by atoms with Crippen molar-refractivity contribution in [3.8, 4) is 0 Å². The molecule has 1 aliphatic rings. The standard InChI is InChI=1S/C11H25N3O2S/c1-10(2)14(7-8-17(12,15)16)9-11-3-5-13-6-4-11/h10-11,13H,3-9H2,1-2H3,(H2,12,15,16). The molecule has 102 valence electrons. The molecule has 0 unspecified atom stereocenters. The van der Waals surface area contributed by atoms with Crippen molar-refractivity contribution in [2.75, 3.05) is 31.9 Å². The Kier molecular flexibility index (Phi) is 5.85. The summed E-state index contributed by atoms with van der Waals surface area (Å²) in [4.78, 5) is 2.22. The predicted octanol–water partition coefficient (Wildman–Crippen LogP) is -0.0151. The Bertz CT molecular complexity index is 311. The maximum Gasteiger partial charge on any atom is 0.210 e.